The van der Waals surface area contributed by atoms with E-state index < -0.39 is 5.92 Å². The minimum atomic E-state index is -0.439. The largest absolute Gasteiger partial charge is 0.497 e. The van der Waals surface area contributed by atoms with E-state index in [1.807, 2.05) is 18.2 Å². The van der Waals surface area contributed by atoms with Gasteiger partial charge in [0.2, 0.25) is 11.8 Å². The third kappa shape index (κ3) is 4.35. The Kier molecular flexibility index (Phi) is 5.80. The van der Waals surface area contributed by atoms with Gasteiger partial charge in [0.15, 0.2) is 0 Å². The number of carbonyl (C=O) groups excluding carboxylic acids is 2. The number of nitrogens with zero attached hydrogens (tertiary/aromatic N) is 5. The van der Waals surface area contributed by atoms with Gasteiger partial charge in [0.05, 0.1) is 13.0 Å². The predicted octanol–water partition coefficient (Wildman–Crippen LogP) is 1.23. The van der Waals surface area contributed by atoms with Crippen molar-refractivity contribution < 1.29 is 14.3 Å². The molecule has 1 N–H and O–H groups in total. The molecule has 9 nitrogen and oxygen atoms in total. The van der Waals surface area contributed by atoms with Crippen molar-refractivity contribution in [2.75, 3.05) is 62.0 Å². The molecule has 1 aromatic carbocycles. The van der Waals surface area contributed by atoms with E-state index in [1.165, 1.54) is 6.33 Å². The van der Waals surface area contributed by atoms with Gasteiger partial charge in [0, 0.05) is 57.0 Å². The van der Waals surface area contributed by atoms with Crippen LogP contribution in [0.2, 0.25) is 0 Å². The fraction of sp³-hybridized carbons (Fsp3) is 0.429. The summed E-state index contributed by atoms with van der Waals surface area (Å²) in [6, 6.07) is 9.08. The molecule has 158 valence electrons. The Labute approximate surface area is 175 Å². The van der Waals surface area contributed by atoms with Gasteiger partial charge in [-0.1, -0.05) is 6.07 Å². The second-order valence-corrected chi connectivity index (χ2v) is 7.65. The molecular formula is C21H26N6O3. The number of rotatable bonds is 5. The smallest absolute Gasteiger partial charge is 0.230 e. The molecule has 0 spiro atoms. The van der Waals surface area contributed by atoms with E-state index in [2.05, 4.69) is 32.1 Å². The van der Waals surface area contributed by atoms with E-state index in [9.17, 15) is 9.59 Å². The van der Waals surface area contributed by atoms with Crippen LogP contribution in [0.15, 0.2) is 36.7 Å². The maximum Gasteiger partial charge on any atom is 0.230 e. The van der Waals surface area contributed by atoms with Crippen LogP contribution in [0.5, 0.6) is 5.75 Å². The van der Waals surface area contributed by atoms with Crippen molar-refractivity contribution in [3.05, 3.63) is 36.7 Å². The zero-order valence-corrected chi connectivity index (χ0v) is 17.2. The van der Waals surface area contributed by atoms with Crippen LogP contribution >= 0.6 is 0 Å². The molecule has 2 amide bonds. The first-order valence-electron chi connectivity index (χ1n) is 10.0. The lowest BCUT2D eigenvalue weighted by molar-refractivity contribution is -0.122. The molecule has 2 aliphatic rings. The number of nitrogens with one attached hydrogen (secondary N) is 1. The van der Waals surface area contributed by atoms with Crippen molar-refractivity contribution in [1.82, 2.24) is 14.9 Å². The van der Waals surface area contributed by atoms with E-state index in [0.29, 0.717) is 18.1 Å². The number of ether oxygens (including phenoxy) is 1. The third-order valence-corrected chi connectivity index (χ3v) is 5.59. The number of piperazine rings is 1. The molecule has 2 saturated heterocycles. The Balaban J connectivity index is 1.41. The third-order valence-electron chi connectivity index (χ3n) is 5.59. The average Bonchev–Trinajstić information content (AvgIpc) is 3.16. The molecular weight excluding hydrogens is 384 g/mol. The van der Waals surface area contributed by atoms with Crippen molar-refractivity contribution in [1.29, 1.82) is 0 Å². The fourth-order valence-electron chi connectivity index (χ4n) is 3.76. The highest BCUT2D eigenvalue weighted by Gasteiger charge is 2.35. The lowest BCUT2D eigenvalue weighted by Crippen LogP contribution is -2.44. The normalized spacial score (nSPS) is 19.8. The number of likely N-dealkylation sites (N-methyl/N-ethyl adjacent to an activating group) is 1. The number of amides is 2. The number of hydrogen-bond acceptors (Lipinski definition) is 7. The minimum absolute atomic E-state index is 0.0794. The Hall–Kier alpha value is -3.20. The topological polar surface area (TPSA) is 90.9 Å². The summed E-state index contributed by atoms with van der Waals surface area (Å²) in [6.45, 7) is 4.03. The van der Waals surface area contributed by atoms with Gasteiger partial charge in [-0.15, -0.1) is 0 Å². The van der Waals surface area contributed by atoms with Crippen LogP contribution in [0.25, 0.3) is 0 Å². The molecule has 2 aliphatic heterocycles. The molecule has 1 unspecified atom stereocenters. The minimum Gasteiger partial charge on any atom is -0.497 e. The van der Waals surface area contributed by atoms with Gasteiger partial charge < -0.3 is 24.8 Å². The molecule has 3 heterocycles. The second-order valence-electron chi connectivity index (χ2n) is 7.65. The van der Waals surface area contributed by atoms with E-state index in [-0.39, 0.29) is 18.2 Å². The van der Waals surface area contributed by atoms with Gasteiger partial charge in [-0.25, -0.2) is 9.97 Å². The summed E-state index contributed by atoms with van der Waals surface area (Å²) < 4.78 is 5.23. The molecule has 2 fully saturated rings. The molecule has 30 heavy (non-hydrogen) atoms. The van der Waals surface area contributed by atoms with Gasteiger partial charge >= 0.3 is 0 Å². The van der Waals surface area contributed by atoms with Crippen molar-refractivity contribution in [3.8, 4) is 5.75 Å². The summed E-state index contributed by atoms with van der Waals surface area (Å²) in [5.74, 6) is 1.20. The van der Waals surface area contributed by atoms with E-state index in [0.717, 1.165) is 37.7 Å². The summed E-state index contributed by atoms with van der Waals surface area (Å²) in [5, 5.41) is 2.86. The Morgan fingerprint density at radius 2 is 1.97 bits per heavy atom. The van der Waals surface area contributed by atoms with Crippen LogP contribution < -0.4 is 19.9 Å². The predicted molar refractivity (Wildman–Crippen MR) is 114 cm³/mol. The van der Waals surface area contributed by atoms with E-state index in [4.69, 9.17) is 4.74 Å². The second kappa shape index (κ2) is 8.66. The van der Waals surface area contributed by atoms with E-state index in [1.54, 1.807) is 24.1 Å². The number of hydrogen-bond donors (Lipinski definition) is 1. The fourth-order valence-corrected chi connectivity index (χ4v) is 3.76. The first-order chi connectivity index (χ1) is 14.5. The van der Waals surface area contributed by atoms with Crippen LogP contribution in [0.1, 0.15) is 6.42 Å². The van der Waals surface area contributed by atoms with Crippen LogP contribution in [-0.2, 0) is 9.59 Å². The Bertz CT molecular complexity index is 928. The number of anilines is 3. The number of carbonyl (C=O) groups is 2. The molecule has 0 aliphatic carbocycles. The highest BCUT2D eigenvalue weighted by Crippen LogP contribution is 2.28. The zero-order chi connectivity index (χ0) is 21.1. The SMILES string of the molecule is COc1cccc(N2CC(C(=O)Nc3cc(N4CCN(C)CC4)ncn3)CC2=O)c1. The Morgan fingerprint density at radius 1 is 1.17 bits per heavy atom. The number of benzene rings is 1. The van der Waals surface area contributed by atoms with Gasteiger partial charge in [0.1, 0.15) is 23.7 Å². The lowest BCUT2D eigenvalue weighted by Gasteiger charge is -2.33. The standard InChI is InChI=1S/C21H26N6O3/c1-25-6-8-26(9-7-25)19-12-18(22-14-23-19)24-21(29)15-10-20(28)27(13-15)16-4-3-5-17(11-16)30-2/h3-5,11-12,14-15H,6-10,13H2,1-2H3,(H,22,23,24,29). The first kappa shape index (κ1) is 20.1. The summed E-state index contributed by atoms with van der Waals surface area (Å²) in [4.78, 5) is 39.9. The van der Waals surface area contributed by atoms with Crippen LogP contribution in [0.3, 0.4) is 0 Å². The zero-order valence-electron chi connectivity index (χ0n) is 17.2. The summed E-state index contributed by atoms with van der Waals surface area (Å²) in [7, 11) is 3.68. The monoisotopic (exact) mass is 410 g/mol. The lowest BCUT2D eigenvalue weighted by atomic mass is 10.1. The maximum absolute atomic E-state index is 12.8. The van der Waals surface area contributed by atoms with Gasteiger partial charge in [-0.2, -0.15) is 0 Å². The van der Waals surface area contributed by atoms with Crippen LogP contribution in [0.4, 0.5) is 17.3 Å². The molecule has 1 atom stereocenters. The molecule has 4 rings (SSSR count). The van der Waals surface area contributed by atoms with Crippen molar-refractivity contribution in [2.24, 2.45) is 5.92 Å². The first-order valence-corrected chi connectivity index (χ1v) is 10.0. The van der Waals surface area contributed by atoms with Crippen LogP contribution in [-0.4, -0.2) is 73.6 Å². The summed E-state index contributed by atoms with van der Waals surface area (Å²) in [5.41, 5.74) is 0.731. The average molecular weight is 410 g/mol. The highest BCUT2D eigenvalue weighted by atomic mass is 16.5. The van der Waals surface area contributed by atoms with Crippen LogP contribution in [0, 0.1) is 5.92 Å². The molecule has 0 saturated carbocycles. The van der Waals surface area contributed by atoms with Crippen molar-refractivity contribution >= 4 is 29.1 Å². The molecule has 9 heteroatoms. The molecule has 0 bridgehead atoms. The van der Waals surface area contributed by atoms with E-state index >= 15 is 0 Å². The van der Waals surface area contributed by atoms with Gasteiger partial charge in [-0.3, -0.25) is 9.59 Å². The number of aromatic nitrogens is 2. The summed E-state index contributed by atoms with van der Waals surface area (Å²) >= 11 is 0. The highest BCUT2D eigenvalue weighted by molar-refractivity contribution is 6.03. The summed E-state index contributed by atoms with van der Waals surface area (Å²) in [6.07, 6.45) is 1.63. The van der Waals surface area contributed by atoms with Gasteiger partial charge in [0.25, 0.3) is 0 Å². The molecule has 1 aromatic heterocycles. The number of methoxy groups -OCH3 is 1. The quantitative estimate of drug-likeness (QED) is 0.793. The van der Waals surface area contributed by atoms with Crippen molar-refractivity contribution in [3.63, 3.8) is 0 Å². The maximum atomic E-state index is 12.8. The van der Waals surface area contributed by atoms with Gasteiger partial charge in [-0.05, 0) is 19.2 Å². The Morgan fingerprint density at radius 3 is 2.73 bits per heavy atom. The molecule has 2 aromatic rings. The van der Waals surface area contributed by atoms with Crippen molar-refractivity contribution in [2.45, 2.75) is 6.42 Å². The molecule has 0 radical (unpaired) electrons.